The van der Waals surface area contributed by atoms with Gasteiger partial charge in [0.25, 0.3) is 0 Å². The molecule has 3 N–H and O–H groups in total. The lowest BCUT2D eigenvalue weighted by Crippen LogP contribution is -2.54. The lowest BCUT2D eigenvalue weighted by Gasteiger charge is -2.58. The summed E-state index contributed by atoms with van der Waals surface area (Å²) in [6.07, 6.45) is 12.2. The molecule has 4 aliphatic rings. The van der Waals surface area contributed by atoms with E-state index in [-0.39, 0.29) is 35.2 Å². The molecule has 0 radical (unpaired) electrons. The van der Waals surface area contributed by atoms with Crippen LogP contribution in [0, 0.1) is 34.5 Å². The third kappa shape index (κ3) is 3.42. The second kappa shape index (κ2) is 8.01. The molecule has 0 aromatic rings. The highest BCUT2D eigenvalue weighted by Gasteiger charge is 2.62. The molecule has 8 atom stereocenters. The van der Waals surface area contributed by atoms with Gasteiger partial charge in [0.15, 0.2) is 5.78 Å². The van der Waals surface area contributed by atoms with Crippen LogP contribution in [0.2, 0.25) is 0 Å². The molecule has 0 aliphatic heterocycles. The molecule has 0 spiro atoms. The van der Waals surface area contributed by atoms with Crippen molar-refractivity contribution < 1.29 is 20.1 Å². The van der Waals surface area contributed by atoms with Crippen LogP contribution < -0.4 is 0 Å². The zero-order chi connectivity index (χ0) is 21.7. The number of fused-ring (bicyclic) bond motifs is 5. The number of rotatable bonds is 6. The molecular formula is C26H42O4. The molecular weight excluding hydrogens is 376 g/mol. The van der Waals surface area contributed by atoms with Crippen LogP contribution in [0.25, 0.3) is 0 Å². The van der Waals surface area contributed by atoms with Crippen LogP contribution in [0.4, 0.5) is 0 Å². The van der Waals surface area contributed by atoms with Crippen molar-refractivity contribution in [2.24, 2.45) is 34.5 Å². The first-order valence-electron chi connectivity index (χ1n) is 12.4. The maximum Gasteiger partial charge on any atom is 0.164 e. The van der Waals surface area contributed by atoms with Gasteiger partial charge in [-0.2, -0.15) is 0 Å². The molecule has 0 amide bonds. The van der Waals surface area contributed by atoms with E-state index in [1.807, 2.05) is 0 Å². The first-order chi connectivity index (χ1) is 14.1. The van der Waals surface area contributed by atoms with Gasteiger partial charge in [-0.1, -0.05) is 25.5 Å². The van der Waals surface area contributed by atoms with Gasteiger partial charge in [0.1, 0.15) is 5.60 Å². The molecule has 0 aromatic heterocycles. The van der Waals surface area contributed by atoms with Gasteiger partial charge in [0.05, 0.1) is 6.10 Å². The van der Waals surface area contributed by atoms with Gasteiger partial charge in [0.2, 0.25) is 0 Å². The third-order valence-electron chi connectivity index (χ3n) is 10.1. The smallest absolute Gasteiger partial charge is 0.164 e. The Balaban J connectivity index is 1.55. The Hall–Kier alpha value is -0.710. The molecule has 4 heteroatoms. The lowest BCUT2D eigenvalue weighted by atomic mass is 9.46. The van der Waals surface area contributed by atoms with Crippen molar-refractivity contribution >= 4 is 5.78 Å². The van der Waals surface area contributed by atoms with Crippen molar-refractivity contribution in [1.29, 1.82) is 0 Å². The van der Waals surface area contributed by atoms with E-state index in [0.717, 1.165) is 44.9 Å². The first-order valence-corrected chi connectivity index (χ1v) is 12.4. The van der Waals surface area contributed by atoms with E-state index in [4.69, 9.17) is 5.11 Å². The van der Waals surface area contributed by atoms with E-state index in [1.165, 1.54) is 12.0 Å². The second-order valence-corrected chi connectivity index (χ2v) is 11.6. The number of carbonyl (C=O) groups excluding carboxylic acids is 1. The van der Waals surface area contributed by atoms with E-state index < -0.39 is 5.60 Å². The molecule has 0 bridgehead atoms. The summed E-state index contributed by atoms with van der Waals surface area (Å²) in [4.78, 5) is 12.9. The summed E-state index contributed by atoms with van der Waals surface area (Å²) >= 11 is 0. The number of hydrogen-bond donors (Lipinski definition) is 3. The van der Waals surface area contributed by atoms with Gasteiger partial charge in [-0.05, 0) is 99.7 Å². The molecule has 3 saturated carbocycles. The molecule has 0 aromatic carbocycles. The summed E-state index contributed by atoms with van der Waals surface area (Å²) in [5, 5.41) is 30.6. The Morgan fingerprint density at radius 2 is 1.90 bits per heavy atom. The van der Waals surface area contributed by atoms with Crippen LogP contribution in [-0.4, -0.2) is 39.4 Å². The first kappa shape index (κ1) is 22.5. The number of aliphatic hydroxyl groups is 3. The fourth-order valence-corrected chi connectivity index (χ4v) is 8.41. The minimum atomic E-state index is -1.26. The second-order valence-electron chi connectivity index (χ2n) is 11.6. The van der Waals surface area contributed by atoms with Crippen LogP contribution in [0.1, 0.15) is 91.4 Å². The Morgan fingerprint density at radius 1 is 1.13 bits per heavy atom. The van der Waals surface area contributed by atoms with E-state index >= 15 is 0 Å². The number of aliphatic hydroxyl groups excluding tert-OH is 2. The number of hydrogen-bond acceptors (Lipinski definition) is 4. The number of ketones is 1. The van der Waals surface area contributed by atoms with Crippen LogP contribution in [0.3, 0.4) is 0 Å². The highest BCUT2D eigenvalue weighted by molar-refractivity contribution is 5.87. The van der Waals surface area contributed by atoms with Crippen LogP contribution in [0.15, 0.2) is 11.6 Å². The highest BCUT2D eigenvalue weighted by Crippen LogP contribution is 2.67. The normalized spacial score (nSPS) is 45.0. The van der Waals surface area contributed by atoms with Crippen LogP contribution >= 0.6 is 0 Å². The Bertz CT molecular complexity index is 697. The van der Waals surface area contributed by atoms with Crippen LogP contribution in [-0.2, 0) is 4.79 Å². The maximum atomic E-state index is 12.9. The molecule has 4 nitrogen and oxygen atoms in total. The minimum absolute atomic E-state index is 0.0210. The molecule has 0 saturated heterocycles. The summed E-state index contributed by atoms with van der Waals surface area (Å²) in [5.74, 6) is 1.87. The predicted octanol–water partition coefficient (Wildman–Crippen LogP) is 4.41. The summed E-state index contributed by atoms with van der Waals surface area (Å²) in [5.41, 5.74) is 0.476. The van der Waals surface area contributed by atoms with Gasteiger partial charge in [-0.15, -0.1) is 0 Å². The summed E-state index contributed by atoms with van der Waals surface area (Å²) in [6.45, 7) is 6.67. The van der Waals surface area contributed by atoms with Gasteiger partial charge < -0.3 is 15.3 Å². The van der Waals surface area contributed by atoms with E-state index in [2.05, 4.69) is 19.9 Å². The predicted molar refractivity (Wildman–Crippen MR) is 118 cm³/mol. The average Bonchev–Trinajstić information content (AvgIpc) is 3.06. The lowest BCUT2D eigenvalue weighted by molar-refractivity contribution is -0.151. The van der Waals surface area contributed by atoms with Gasteiger partial charge in [0, 0.05) is 18.9 Å². The zero-order valence-corrected chi connectivity index (χ0v) is 19.2. The molecule has 4 aliphatic carbocycles. The van der Waals surface area contributed by atoms with Crippen molar-refractivity contribution in [2.45, 2.75) is 103 Å². The van der Waals surface area contributed by atoms with Crippen molar-refractivity contribution in [3.63, 3.8) is 0 Å². The minimum Gasteiger partial charge on any atom is -0.396 e. The molecule has 170 valence electrons. The maximum absolute atomic E-state index is 12.9. The van der Waals surface area contributed by atoms with Crippen molar-refractivity contribution in [1.82, 2.24) is 0 Å². The Morgan fingerprint density at radius 3 is 2.63 bits per heavy atom. The average molecular weight is 419 g/mol. The number of carbonyl (C=O) groups is 1. The number of unbranched alkanes of at least 4 members (excludes halogenated alkanes) is 1. The molecule has 0 unspecified atom stereocenters. The molecule has 4 rings (SSSR count). The van der Waals surface area contributed by atoms with Gasteiger partial charge >= 0.3 is 0 Å². The summed E-state index contributed by atoms with van der Waals surface area (Å²) < 4.78 is 0. The molecule has 3 fully saturated rings. The molecule has 30 heavy (non-hydrogen) atoms. The number of allylic oxidation sites excluding steroid dienone is 1. The van der Waals surface area contributed by atoms with E-state index in [0.29, 0.717) is 37.0 Å². The zero-order valence-electron chi connectivity index (χ0n) is 19.2. The number of Topliss-reactive ketones (excluding diaryl/α,β-unsaturated/α-hetero) is 1. The van der Waals surface area contributed by atoms with E-state index in [9.17, 15) is 15.0 Å². The van der Waals surface area contributed by atoms with Gasteiger partial charge in [-0.3, -0.25) is 4.79 Å². The standard InChI is InChI=1S/C26H42O4/c1-24-13-11-18(28)16-17(24)7-8-19-20-9-10-22(25(20,2)14-12-21(19)24)26(3,30)23(29)6-4-5-15-27/h7,18-22,27-28,30H,4-6,8-16H2,1-3H3/t18-,19-,20-,21-,22-,24-,25-,26+/m0/s1. The summed E-state index contributed by atoms with van der Waals surface area (Å²) in [6, 6.07) is 0. The fourth-order valence-electron chi connectivity index (χ4n) is 8.41. The van der Waals surface area contributed by atoms with Crippen molar-refractivity contribution in [3.05, 3.63) is 11.6 Å². The fraction of sp³-hybridized carbons (Fsp3) is 0.885. The quantitative estimate of drug-likeness (QED) is 0.441. The van der Waals surface area contributed by atoms with Gasteiger partial charge in [-0.25, -0.2) is 0 Å². The monoisotopic (exact) mass is 418 g/mol. The summed E-state index contributed by atoms with van der Waals surface area (Å²) in [7, 11) is 0. The van der Waals surface area contributed by atoms with Crippen LogP contribution in [0.5, 0.6) is 0 Å². The highest BCUT2D eigenvalue weighted by atomic mass is 16.3. The largest absolute Gasteiger partial charge is 0.396 e. The third-order valence-corrected chi connectivity index (χ3v) is 10.1. The topological polar surface area (TPSA) is 77.8 Å². The SMILES string of the molecule is C[C@]12CC[C@H]3[C@@H](CC=C4C[C@@H](O)CC[C@@]43C)[C@@H]1CC[C@@H]2[C@@](C)(O)C(=O)CCCCO. The molecule has 0 heterocycles. The Labute approximate surface area is 182 Å². The van der Waals surface area contributed by atoms with Crippen molar-refractivity contribution in [3.8, 4) is 0 Å². The van der Waals surface area contributed by atoms with E-state index in [1.54, 1.807) is 6.92 Å². The van der Waals surface area contributed by atoms with Crippen molar-refractivity contribution in [2.75, 3.05) is 6.61 Å². The Kier molecular flexibility index (Phi) is 6.00.